The van der Waals surface area contributed by atoms with Gasteiger partial charge in [0.05, 0.1) is 0 Å². The largest absolute Gasteiger partial charge is 0.288 e. The number of imidazole rings is 1. The fraction of sp³-hybridized carbons (Fsp3) is 0.417. The molecule has 19 heavy (non-hydrogen) atoms. The van der Waals surface area contributed by atoms with Crippen LogP contribution in [-0.4, -0.2) is 24.3 Å². The van der Waals surface area contributed by atoms with Gasteiger partial charge in [0.2, 0.25) is 0 Å². The summed E-state index contributed by atoms with van der Waals surface area (Å²) in [5.41, 5.74) is 0.351. The number of hydrogen-bond acceptors (Lipinski definition) is 3. The fourth-order valence-electron chi connectivity index (χ4n) is 1.56. The van der Waals surface area contributed by atoms with E-state index in [9.17, 15) is 8.42 Å². The lowest BCUT2D eigenvalue weighted by molar-refractivity contribution is 0.407. The summed E-state index contributed by atoms with van der Waals surface area (Å²) in [5, 5.41) is -0.0402. The zero-order valence-electron chi connectivity index (χ0n) is 11.0. The molecule has 0 saturated heterocycles. The smallest absolute Gasteiger partial charge is 0.259 e. The Morgan fingerprint density at radius 3 is 2.68 bits per heavy atom. The van der Waals surface area contributed by atoms with Crippen LogP contribution < -0.4 is 4.72 Å². The van der Waals surface area contributed by atoms with Gasteiger partial charge in [0.1, 0.15) is 5.65 Å². The first kappa shape index (κ1) is 14.3. The third-order valence-electron chi connectivity index (χ3n) is 2.49. The number of nitrogens with one attached hydrogen (secondary N) is 1. The number of aromatic nitrogens is 2. The molecule has 0 aromatic carbocycles. The van der Waals surface area contributed by atoms with E-state index in [4.69, 9.17) is 11.6 Å². The van der Waals surface area contributed by atoms with Crippen LogP contribution in [-0.2, 0) is 10.0 Å². The highest BCUT2D eigenvalue weighted by molar-refractivity contribution is 7.89. The molecule has 0 aliphatic heterocycles. The average molecular weight is 302 g/mol. The summed E-state index contributed by atoms with van der Waals surface area (Å²) in [6.45, 7) is 6.18. The van der Waals surface area contributed by atoms with E-state index < -0.39 is 10.0 Å². The van der Waals surface area contributed by atoms with Gasteiger partial charge in [-0.3, -0.25) is 4.40 Å². The fourth-order valence-corrected chi connectivity index (χ4v) is 3.49. The van der Waals surface area contributed by atoms with E-state index in [0.29, 0.717) is 12.2 Å². The zero-order valence-corrected chi connectivity index (χ0v) is 12.6. The minimum Gasteiger partial charge on any atom is -0.288 e. The standard InChI is InChI=1S/C12H16ClN3O2S/c1-12(2,3)8-14-19(17,18)11-10(13)15-9-6-4-5-7-16(9)11/h4-7,14H,8H2,1-3H3. The third-order valence-corrected chi connectivity index (χ3v) is 4.29. The van der Waals surface area contributed by atoms with Gasteiger partial charge in [-0.25, -0.2) is 18.1 Å². The lowest BCUT2D eigenvalue weighted by Crippen LogP contribution is -2.33. The van der Waals surface area contributed by atoms with Crippen LogP contribution in [0.5, 0.6) is 0 Å². The number of nitrogens with zero attached hydrogens (tertiary/aromatic N) is 2. The Balaban J connectivity index is 2.46. The molecule has 0 bridgehead atoms. The average Bonchev–Trinajstić information content (AvgIpc) is 2.62. The van der Waals surface area contributed by atoms with Crippen molar-refractivity contribution in [1.82, 2.24) is 14.1 Å². The number of halogens is 1. The molecule has 0 aliphatic rings. The summed E-state index contributed by atoms with van der Waals surface area (Å²) < 4.78 is 28.7. The van der Waals surface area contributed by atoms with Gasteiger partial charge in [0.15, 0.2) is 10.2 Å². The minimum absolute atomic E-state index is 0.0194. The maximum atomic E-state index is 12.3. The molecular weight excluding hydrogens is 286 g/mol. The molecule has 0 saturated carbocycles. The van der Waals surface area contributed by atoms with Gasteiger partial charge in [-0.2, -0.15) is 0 Å². The van der Waals surface area contributed by atoms with E-state index in [1.54, 1.807) is 24.4 Å². The predicted octanol–water partition coefficient (Wildman–Crippen LogP) is 2.31. The van der Waals surface area contributed by atoms with Crippen LogP contribution in [0.1, 0.15) is 20.8 Å². The minimum atomic E-state index is -3.69. The Labute approximate surface area is 117 Å². The third kappa shape index (κ3) is 3.08. The van der Waals surface area contributed by atoms with Crippen molar-refractivity contribution in [3.05, 3.63) is 29.5 Å². The van der Waals surface area contributed by atoms with Gasteiger partial charge in [0, 0.05) is 12.7 Å². The normalized spacial score (nSPS) is 13.1. The van der Waals surface area contributed by atoms with Crippen molar-refractivity contribution in [2.45, 2.75) is 25.8 Å². The van der Waals surface area contributed by atoms with Crippen molar-refractivity contribution in [3.63, 3.8) is 0 Å². The van der Waals surface area contributed by atoms with Gasteiger partial charge in [-0.15, -0.1) is 0 Å². The molecule has 0 spiro atoms. The first-order valence-electron chi connectivity index (χ1n) is 5.83. The van der Waals surface area contributed by atoms with Crippen molar-refractivity contribution >= 4 is 27.3 Å². The Hall–Kier alpha value is -1.11. The van der Waals surface area contributed by atoms with Crippen molar-refractivity contribution in [2.24, 2.45) is 5.41 Å². The molecule has 1 N–H and O–H groups in total. The van der Waals surface area contributed by atoms with Crippen molar-refractivity contribution in [3.8, 4) is 0 Å². The summed E-state index contributed by atoms with van der Waals surface area (Å²) in [7, 11) is -3.69. The van der Waals surface area contributed by atoms with Crippen molar-refractivity contribution < 1.29 is 8.42 Å². The van der Waals surface area contributed by atoms with Crippen LogP contribution in [0.4, 0.5) is 0 Å². The maximum Gasteiger partial charge on any atom is 0.259 e. The zero-order chi connectivity index (χ0) is 14.3. The van der Waals surface area contributed by atoms with Crippen LogP contribution in [0.15, 0.2) is 29.4 Å². The van der Waals surface area contributed by atoms with Crippen molar-refractivity contribution in [2.75, 3.05) is 6.54 Å². The Bertz CT molecular complexity index is 701. The van der Waals surface area contributed by atoms with Gasteiger partial charge in [0.25, 0.3) is 10.0 Å². The Kier molecular flexibility index (Phi) is 3.59. The number of hydrogen-bond donors (Lipinski definition) is 1. The van der Waals surface area contributed by atoms with Gasteiger partial charge in [-0.1, -0.05) is 38.4 Å². The van der Waals surface area contributed by atoms with Gasteiger partial charge >= 0.3 is 0 Å². The predicted molar refractivity (Wildman–Crippen MR) is 74.8 cm³/mol. The molecule has 2 aromatic heterocycles. The van der Waals surface area contributed by atoms with Crippen LogP contribution in [0.2, 0.25) is 5.15 Å². The number of fused-ring (bicyclic) bond motifs is 1. The molecule has 2 aromatic rings. The van der Waals surface area contributed by atoms with Crippen LogP contribution >= 0.6 is 11.6 Å². The first-order valence-corrected chi connectivity index (χ1v) is 7.69. The second kappa shape index (κ2) is 4.77. The SMILES string of the molecule is CC(C)(C)CNS(=O)(=O)c1c(Cl)nc2ccccn12. The highest BCUT2D eigenvalue weighted by atomic mass is 35.5. The molecular formula is C12H16ClN3O2S. The quantitative estimate of drug-likeness (QED) is 0.946. The van der Waals surface area contributed by atoms with Crippen LogP contribution in [0.3, 0.4) is 0 Å². The van der Waals surface area contributed by atoms with E-state index in [2.05, 4.69) is 9.71 Å². The van der Waals surface area contributed by atoms with E-state index in [1.165, 1.54) is 4.40 Å². The van der Waals surface area contributed by atoms with Gasteiger partial charge in [-0.05, 0) is 17.5 Å². The Morgan fingerprint density at radius 1 is 1.37 bits per heavy atom. The summed E-state index contributed by atoms with van der Waals surface area (Å²) in [6.07, 6.45) is 1.62. The molecule has 7 heteroatoms. The van der Waals surface area contributed by atoms with Crippen LogP contribution in [0.25, 0.3) is 5.65 Å². The number of pyridine rings is 1. The summed E-state index contributed by atoms with van der Waals surface area (Å²) in [4.78, 5) is 4.03. The summed E-state index contributed by atoms with van der Waals surface area (Å²) in [6, 6.07) is 5.21. The van der Waals surface area contributed by atoms with E-state index in [1.807, 2.05) is 20.8 Å². The number of sulfonamides is 1. The van der Waals surface area contributed by atoms with Crippen molar-refractivity contribution in [1.29, 1.82) is 0 Å². The second-order valence-electron chi connectivity index (χ2n) is 5.52. The molecule has 0 amide bonds. The lowest BCUT2D eigenvalue weighted by atomic mass is 9.98. The highest BCUT2D eigenvalue weighted by Crippen LogP contribution is 2.23. The highest BCUT2D eigenvalue weighted by Gasteiger charge is 2.25. The molecule has 0 aliphatic carbocycles. The molecule has 2 heterocycles. The maximum absolute atomic E-state index is 12.3. The summed E-state index contributed by atoms with van der Waals surface area (Å²) in [5.74, 6) is 0. The first-order chi connectivity index (χ1) is 8.71. The summed E-state index contributed by atoms with van der Waals surface area (Å²) >= 11 is 5.95. The topological polar surface area (TPSA) is 63.5 Å². The van der Waals surface area contributed by atoms with Crippen LogP contribution in [0, 0.1) is 5.41 Å². The van der Waals surface area contributed by atoms with E-state index in [0.717, 1.165) is 0 Å². The molecule has 0 fully saturated rings. The monoisotopic (exact) mass is 301 g/mol. The molecule has 104 valence electrons. The molecule has 0 unspecified atom stereocenters. The van der Waals surface area contributed by atoms with Gasteiger partial charge < -0.3 is 0 Å². The molecule has 5 nitrogen and oxygen atoms in total. The van der Waals surface area contributed by atoms with E-state index in [-0.39, 0.29) is 15.6 Å². The second-order valence-corrected chi connectivity index (χ2v) is 7.56. The molecule has 2 rings (SSSR count). The Morgan fingerprint density at radius 2 is 2.05 bits per heavy atom. The molecule has 0 radical (unpaired) electrons. The number of rotatable bonds is 3. The molecule has 0 atom stereocenters. The lowest BCUT2D eigenvalue weighted by Gasteiger charge is -2.18. The van der Waals surface area contributed by atoms with E-state index >= 15 is 0 Å².